The monoisotopic (exact) mass is 169 g/mol. The predicted octanol–water partition coefficient (Wildman–Crippen LogP) is 2.93. The second kappa shape index (κ2) is 3.37. The predicted molar refractivity (Wildman–Crippen MR) is 55.5 cm³/mol. The van der Waals surface area contributed by atoms with Crippen LogP contribution in [-0.4, -0.2) is 4.98 Å². The molecule has 0 aliphatic carbocycles. The number of para-hydroxylation sites is 1. The van der Waals surface area contributed by atoms with Crippen molar-refractivity contribution in [1.82, 2.24) is 4.98 Å². The first kappa shape index (κ1) is 7.94. The van der Waals surface area contributed by atoms with E-state index in [1.54, 1.807) is 0 Å². The van der Waals surface area contributed by atoms with Gasteiger partial charge in [0.1, 0.15) is 0 Å². The Bertz CT molecular complexity index is 435. The Morgan fingerprint density at radius 2 is 2.15 bits per heavy atom. The second-order valence-electron chi connectivity index (χ2n) is 2.93. The number of aromatic nitrogens is 1. The van der Waals surface area contributed by atoms with Crippen molar-refractivity contribution in [3.8, 4) is 11.8 Å². The molecule has 1 heteroatoms. The molecule has 0 fully saturated rings. The Kier molecular flexibility index (Phi) is 2.06. The van der Waals surface area contributed by atoms with E-state index in [1.807, 2.05) is 12.1 Å². The number of H-pyrrole nitrogens is 1. The van der Waals surface area contributed by atoms with Crippen LogP contribution in [0.3, 0.4) is 0 Å². The van der Waals surface area contributed by atoms with E-state index in [0.29, 0.717) is 0 Å². The summed E-state index contributed by atoms with van der Waals surface area (Å²) in [5.41, 5.74) is 2.16. The third-order valence-corrected chi connectivity index (χ3v) is 1.93. The van der Waals surface area contributed by atoms with Crippen molar-refractivity contribution in [2.24, 2.45) is 0 Å². The molecule has 1 heterocycles. The summed E-state index contributed by atoms with van der Waals surface area (Å²) in [5, 5.41) is 1.22. The molecule has 0 atom stereocenters. The molecule has 0 spiro atoms. The number of benzene rings is 1. The summed E-state index contributed by atoms with van der Waals surface area (Å²) in [4.78, 5) is 3.26. The maximum Gasteiger partial charge on any atom is 0.0904 e. The van der Waals surface area contributed by atoms with Gasteiger partial charge in [-0.1, -0.05) is 31.0 Å². The van der Waals surface area contributed by atoms with Crippen molar-refractivity contribution in [1.29, 1.82) is 0 Å². The summed E-state index contributed by atoms with van der Waals surface area (Å²) < 4.78 is 0. The van der Waals surface area contributed by atoms with Gasteiger partial charge in [-0.3, -0.25) is 0 Å². The third-order valence-electron chi connectivity index (χ3n) is 1.93. The van der Waals surface area contributed by atoms with Crippen LogP contribution in [0.2, 0.25) is 0 Å². The molecule has 2 aromatic rings. The zero-order valence-corrected chi connectivity index (χ0v) is 7.59. The van der Waals surface area contributed by atoms with E-state index < -0.39 is 0 Å². The van der Waals surface area contributed by atoms with Crippen molar-refractivity contribution >= 4 is 10.9 Å². The Labute approximate surface area is 77.8 Å². The minimum absolute atomic E-state index is 0.898. The van der Waals surface area contributed by atoms with Crippen LogP contribution >= 0.6 is 0 Å². The molecule has 0 unspecified atom stereocenters. The lowest BCUT2D eigenvalue weighted by molar-refractivity contribution is 1.27. The molecule has 0 aliphatic heterocycles. The zero-order valence-electron chi connectivity index (χ0n) is 7.59. The molecule has 0 amide bonds. The summed E-state index contributed by atoms with van der Waals surface area (Å²) in [6, 6.07) is 10.3. The van der Waals surface area contributed by atoms with Crippen molar-refractivity contribution < 1.29 is 0 Å². The highest BCUT2D eigenvalue weighted by Crippen LogP contribution is 2.13. The van der Waals surface area contributed by atoms with Gasteiger partial charge >= 0.3 is 0 Å². The van der Waals surface area contributed by atoms with E-state index in [9.17, 15) is 0 Å². The Morgan fingerprint density at radius 3 is 2.92 bits per heavy atom. The summed E-state index contributed by atoms with van der Waals surface area (Å²) >= 11 is 0. The number of hydrogen-bond donors (Lipinski definition) is 1. The van der Waals surface area contributed by atoms with Crippen molar-refractivity contribution in [2.45, 2.75) is 13.3 Å². The van der Waals surface area contributed by atoms with Gasteiger partial charge in [0.2, 0.25) is 0 Å². The topological polar surface area (TPSA) is 15.8 Å². The Balaban J connectivity index is 2.50. The Morgan fingerprint density at radius 1 is 1.31 bits per heavy atom. The quantitative estimate of drug-likeness (QED) is 0.583. The molecule has 0 aliphatic rings. The molecule has 0 bridgehead atoms. The third kappa shape index (κ3) is 1.57. The molecule has 13 heavy (non-hydrogen) atoms. The van der Waals surface area contributed by atoms with Crippen LogP contribution in [0.1, 0.15) is 19.0 Å². The number of nitrogens with one attached hydrogen (secondary N) is 1. The smallest absolute Gasteiger partial charge is 0.0904 e. The SMILES string of the molecule is CCC#Cc1cc2ccccc2[nH]1. The maximum atomic E-state index is 3.26. The molecule has 1 aromatic heterocycles. The van der Waals surface area contributed by atoms with Crippen LogP contribution in [0, 0.1) is 11.8 Å². The summed E-state index contributed by atoms with van der Waals surface area (Å²) in [7, 11) is 0. The van der Waals surface area contributed by atoms with Crippen LogP contribution in [0.15, 0.2) is 30.3 Å². The Hall–Kier alpha value is -1.68. The molecular weight excluding hydrogens is 158 g/mol. The van der Waals surface area contributed by atoms with E-state index >= 15 is 0 Å². The zero-order chi connectivity index (χ0) is 9.10. The fourth-order valence-corrected chi connectivity index (χ4v) is 1.32. The van der Waals surface area contributed by atoms with Crippen molar-refractivity contribution in [2.75, 3.05) is 0 Å². The molecule has 64 valence electrons. The van der Waals surface area contributed by atoms with Gasteiger partial charge in [-0.05, 0) is 18.1 Å². The van der Waals surface area contributed by atoms with Gasteiger partial charge in [-0.15, -0.1) is 0 Å². The first-order valence-corrected chi connectivity index (χ1v) is 4.47. The van der Waals surface area contributed by atoms with Gasteiger partial charge in [-0.25, -0.2) is 0 Å². The maximum absolute atomic E-state index is 3.26. The average Bonchev–Trinajstić information content (AvgIpc) is 2.57. The first-order chi connectivity index (χ1) is 6.40. The lowest BCUT2D eigenvalue weighted by atomic mass is 10.2. The molecule has 0 saturated carbocycles. The average molecular weight is 169 g/mol. The van der Waals surface area contributed by atoms with E-state index in [0.717, 1.165) is 17.6 Å². The van der Waals surface area contributed by atoms with Gasteiger partial charge < -0.3 is 4.98 Å². The van der Waals surface area contributed by atoms with Crippen LogP contribution in [0.25, 0.3) is 10.9 Å². The highest BCUT2D eigenvalue weighted by Gasteiger charge is 1.94. The summed E-state index contributed by atoms with van der Waals surface area (Å²) in [6.45, 7) is 2.05. The normalized spacial score (nSPS) is 9.62. The lowest BCUT2D eigenvalue weighted by Gasteiger charge is -1.83. The van der Waals surface area contributed by atoms with Gasteiger partial charge in [0, 0.05) is 17.3 Å². The van der Waals surface area contributed by atoms with Crippen LogP contribution < -0.4 is 0 Å². The standard InChI is InChI=1S/C12H11N/c1-2-3-7-11-9-10-6-4-5-8-12(10)13-11/h4-6,8-9,13H,2H2,1H3. The minimum Gasteiger partial charge on any atom is -0.348 e. The largest absolute Gasteiger partial charge is 0.348 e. The van der Waals surface area contributed by atoms with Crippen molar-refractivity contribution in [3.05, 3.63) is 36.0 Å². The number of rotatable bonds is 0. The first-order valence-electron chi connectivity index (χ1n) is 4.47. The number of aromatic amines is 1. The highest BCUT2D eigenvalue weighted by atomic mass is 14.7. The lowest BCUT2D eigenvalue weighted by Crippen LogP contribution is -1.70. The van der Waals surface area contributed by atoms with E-state index in [-0.39, 0.29) is 0 Å². The van der Waals surface area contributed by atoms with Crippen LogP contribution in [0.5, 0.6) is 0 Å². The summed E-state index contributed by atoms with van der Waals surface area (Å²) in [5.74, 6) is 6.12. The van der Waals surface area contributed by atoms with E-state index in [2.05, 4.69) is 41.9 Å². The molecule has 1 aromatic carbocycles. The molecular formula is C12H11N. The fraction of sp³-hybridized carbons (Fsp3) is 0.167. The van der Waals surface area contributed by atoms with Crippen LogP contribution in [0.4, 0.5) is 0 Å². The second-order valence-corrected chi connectivity index (χ2v) is 2.93. The fourth-order valence-electron chi connectivity index (χ4n) is 1.32. The molecule has 0 radical (unpaired) electrons. The highest BCUT2D eigenvalue weighted by molar-refractivity contribution is 5.81. The summed E-state index contributed by atoms with van der Waals surface area (Å²) in [6.07, 6.45) is 0.898. The van der Waals surface area contributed by atoms with Crippen LogP contribution in [-0.2, 0) is 0 Å². The van der Waals surface area contributed by atoms with Gasteiger partial charge in [0.25, 0.3) is 0 Å². The molecule has 1 N–H and O–H groups in total. The molecule has 1 nitrogen and oxygen atoms in total. The van der Waals surface area contributed by atoms with E-state index in [1.165, 1.54) is 5.39 Å². The number of hydrogen-bond acceptors (Lipinski definition) is 0. The minimum atomic E-state index is 0.898. The van der Waals surface area contributed by atoms with Gasteiger partial charge in [0.15, 0.2) is 0 Å². The van der Waals surface area contributed by atoms with Gasteiger partial charge in [0.05, 0.1) is 5.69 Å². The number of fused-ring (bicyclic) bond motifs is 1. The van der Waals surface area contributed by atoms with Crippen molar-refractivity contribution in [3.63, 3.8) is 0 Å². The molecule has 2 rings (SSSR count). The van der Waals surface area contributed by atoms with Gasteiger partial charge in [-0.2, -0.15) is 0 Å². The van der Waals surface area contributed by atoms with E-state index in [4.69, 9.17) is 0 Å². The molecule has 0 saturated heterocycles.